The SMILES string of the molecule is Cc1cc(C)c(NC(=O)N[C@H](C)c2ccccn2)c(Cl)c1. The second-order valence-corrected chi connectivity index (χ2v) is 5.42. The Hall–Kier alpha value is -2.07. The fourth-order valence-corrected chi connectivity index (χ4v) is 2.49. The molecular weight excluding hydrogens is 286 g/mol. The minimum Gasteiger partial charge on any atom is -0.330 e. The highest BCUT2D eigenvalue weighted by atomic mass is 35.5. The van der Waals surface area contributed by atoms with Crippen molar-refractivity contribution in [2.45, 2.75) is 26.8 Å². The first kappa shape index (κ1) is 15.3. The number of aryl methyl sites for hydroxylation is 2. The summed E-state index contributed by atoms with van der Waals surface area (Å²) in [4.78, 5) is 16.3. The van der Waals surface area contributed by atoms with E-state index in [0.29, 0.717) is 10.7 Å². The molecule has 0 aliphatic heterocycles. The molecule has 1 heterocycles. The number of nitrogens with one attached hydrogen (secondary N) is 2. The maximum Gasteiger partial charge on any atom is 0.319 e. The molecule has 0 saturated carbocycles. The summed E-state index contributed by atoms with van der Waals surface area (Å²) < 4.78 is 0. The molecule has 0 unspecified atom stereocenters. The molecule has 2 N–H and O–H groups in total. The van der Waals surface area contributed by atoms with Crippen molar-refractivity contribution in [2.75, 3.05) is 5.32 Å². The summed E-state index contributed by atoms with van der Waals surface area (Å²) in [5, 5.41) is 6.17. The number of anilines is 1. The summed E-state index contributed by atoms with van der Waals surface area (Å²) >= 11 is 6.18. The van der Waals surface area contributed by atoms with Gasteiger partial charge in [-0.3, -0.25) is 4.98 Å². The van der Waals surface area contributed by atoms with Crippen molar-refractivity contribution in [1.29, 1.82) is 0 Å². The normalized spacial score (nSPS) is 11.8. The molecule has 1 aromatic carbocycles. The number of nitrogens with zero attached hydrogens (tertiary/aromatic N) is 1. The van der Waals surface area contributed by atoms with Crippen LogP contribution >= 0.6 is 11.6 Å². The fraction of sp³-hybridized carbons (Fsp3) is 0.250. The average molecular weight is 304 g/mol. The standard InChI is InChI=1S/C16H18ClN3O/c1-10-8-11(2)15(13(17)9-10)20-16(21)19-12(3)14-6-4-5-7-18-14/h4-9,12H,1-3H3,(H2,19,20,21)/t12-/m1/s1. The summed E-state index contributed by atoms with van der Waals surface area (Å²) in [7, 11) is 0. The number of aromatic nitrogens is 1. The quantitative estimate of drug-likeness (QED) is 0.891. The summed E-state index contributed by atoms with van der Waals surface area (Å²) in [5.74, 6) is 0. The van der Waals surface area contributed by atoms with Gasteiger partial charge in [0, 0.05) is 6.20 Å². The molecule has 110 valence electrons. The molecule has 2 rings (SSSR count). The molecule has 21 heavy (non-hydrogen) atoms. The van der Waals surface area contributed by atoms with Crippen molar-refractivity contribution in [3.05, 3.63) is 58.4 Å². The van der Waals surface area contributed by atoms with Crippen molar-refractivity contribution in [2.24, 2.45) is 0 Å². The molecule has 2 aromatic rings. The maximum absolute atomic E-state index is 12.1. The first-order chi connectivity index (χ1) is 9.97. The highest BCUT2D eigenvalue weighted by Crippen LogP contribution is 2.27. The molecule has 0 fully saturated rings. The number of rotatable bonds is 3. The summed E-state index contributed by atoms with van der Waals surface area (Å²) in [6, 6.07) is 8.91. The number of halogens is 1. The second-order valence-electron chi connectivity index (χ2n) is 5.01. The van der Waals surface area contributed by atoms with Crippen molar-refractivity contribution >= 4 is 23.3 Å². The Kier molecular flexibility index (Phi) is 4.81. The van der Waals surface area contributed by atoms with Crippen LogP contribution in [0.2, 0.25) is 5.02 Å². The fourth-order valence-electron chi connectivity index (χ4n) is 2.13. The highest BCUT2D eigenvalue weighted by molar-refractivity contribution is 6.34. The summed E-state index contributed by atoms with van der Waals surface area (Å²) in [6.45, 7) is 5.76. The Labute approximate surface area is 129 Å². The zero-order valence-corrected chi connectivity index (χ0v) is 13.0. The molecule has 4 nitrogen and oxygen atoms in total. The van der Waals surface area contributed by atoms with Gasteiger partial charge in [-0.05, 0) is 50.1 Å². The van der Waals surface area contributed by atoms with Crippen molar-refractivity contribution < 1.29 is 4.79 Å². The van der Waals surface area contributed by atoms with Gasteiger partial charge in [-0.25, -0.2) is 4.79 Å². The maximum atomic E-state index is 12.1. The van der Waals surface area contributed by atoms with Gasteiger partial charge in [0.1, 0.15) is 0 Å². The highest BCUT2D eigenvalue weighted by Gasteiger charge is 2.13. The van der Waals surface area contributed by atoms with Crippen LogP contribution in [-0.2, 0) is 0 Å². The van der Waals surface area contributed by atoms with Crippen molar-refractivity contribution in [1.82, 2.24) is 10.3 Å². The molecule has 1 aromatic heterocycles. The molecular formula is C16H18ClN3O. The number of benzene rings is 1. The van der Waals surface area contributed by atoms with E-state index in [2.05, 4.69) is 15.6 Å². The Morgan fingerprint density at radius 2 is 2.05 bits per heavy atom. The van der Waals surface area contributed by atoms with Gasteiger partial charge in [-0.2, -0.15) is 0 Å². The third kappa shape index (κ3) is 3.95. The lowest BCUT2D eigenvalue weighted by Crippen LogP contribution is -2.31. The number of carbonyl (C=O) groups excluding carboxylic acids is 1. The van der Waals surface area contributed by atoms with Gasteiger partial charge < -0.3 is 10.6 Å². The third-order valence-corrected chi connectivity index (χ3v) is 3.45. The second kappa shape index (κ2) is 6.59. The molecule has 0 bridgehead atoms. The van der Waals surface area contributed by atoms with E-state index >= 15 is 0 Å². The minimum absolute atomic E-state index is 0.185. The number of urea groups is 1. The molecule has 0 aliphatic rings. The molecule has 0 spiro atoms. The first-order valence-corrected chi connectivity index (χ1v) is 7.10. The zero-order chi connectivity index (χ0) is 15.4. The van der Waals surface area contributed by atoms with Gasteiger partial charge in [0.05, 0.1) is 22.4 Å². The average Bonchev–Trinajstić information content (AvgIpc) is 2.43. The van der Waals surface area contributed by atoms with E-state index in [1.165, 1.54) is 0 Å². The predicted octanol–water partition coefficient (Wildman–Crippen LogP) is 4.23. The van der Waals surface area contributed by atoms with Crippen LogP contribution in [0.4, 0.5) is 10.5 Å². The van der Waals surface area contributed by atoms with Crippen LogP contribution in [0, 0.1) is 13.8 Å². The topological polar surface area (TPSA) is 54.0 Å². The monoisotopic (exact) mass is 303 g/mol. The molecule has 0 radical (unpaired) electrons. The summed E-state index contributed by atoms with van der Waals surface area (Å²) in [6.07, 6.45) is 1.70. The van der Waals surface area contributed by atoms with Crippen LogP contribution in [-0.4, -0.2) is 11.0 Å². The molecule has 5 heteroatoms. The van der Waals surface area contributed by atoms with Crippen LogP contribution in [0.5, 0.6) is 0 Å². The van der Waals surface area contributed by atoms with Crippen molar-refractivity contribution in [3.8, 4) is 0 Å². The van der Waals surface area contributed by atoms with Crippen LogP contribution in [0.1, 0.15) is 29.8 Å². The van der Waals surface area contributed by atoms with Crippen LogP contribution in [0.15, 0.2) is 36.5 Å². The minimum atomic E-state index is -0.304. The van der Waals surface area contributed by atoms with Gasteiger partial charge in [0.25, 0.3) is 0 Å². The predicted molar refractivity (Wildman–Crippen MR) is 85.7 cm³/mol. The van der Waals surface area contributed by atoms with Crippen LogP contribution in [0.3, 0.4) is 0 Å². The van der Waals surface area contributed by atoms with Gasteiger partial charge in [-0.15, -0.1) is 0 Å². The van der Waals surface area contributed by atoms with Gasteiger partial charge in [0.15, 0.2) is 0 Å². The van der Waals surface area contributed by atoms with E-state index in [4.69, 9.17) is 11.6 Å². The first-order valence-electron chi connectivity index (χ1n) is 6.72. The lowest BCUT2D eigenvalue weighted by Gasteiger charge is -2.16. The Morgan fingerprint density at radius 1 is 1.29 bits per heavy atom. The molecule has 2 amide bonds. The van der Waals surface area contributed by atoms with Crippen LogP contribution in [0.25, 0.3) is 0 Å². The number of pyridine rings is 1. The number of amides is 2. The van der Waals surface area contributed by atoms with Gasteiger partial charge in [-0.1, -0.05) is 23.7 Å². The molecule has 0 saturated heterocycles. The van der Waals surface area contributed by atoms with Crippen molar-refractivity contribution in [3.63, 3.8) is 0 Å². The van der Waals surface area contributed by atoms with Gasteiger partial charge >= 0.3 is 6.03 Å². The molecule has 0 aliphatic carbocycles. The Morgan fingerprint density at radius 3 is 2.67 bits per heavy atom. The lowest BCUT2D eigenvalue weighted by atomic mass is 10.1. The van der Waals surface area contributed by atoms with E-state index in [0.717, 1.165) is 16.8 Å². The Balaban J connectivity index is 2.06. The smallest absolute Gasteiger partial charge is 0.319 e. The molecule has 1 atom stereocenters. The van der Waals surface area contributed by atoms with E-state index in [1.54, 1.807) is 6.20 Å². The largest absolute Gasteiger partial charge is 0.330 e. The third-order valence-electron chi connectivity index (χ3n) is 3.15. The van der Waals surface area contributed by atoms with Crippen LogP contribution < -0.4 is 10.6 Å². The van der Waals surface area contributed by atoms with E-state index in [-0.39, 0.29) is 12.1 Å². The van der Waals surface area contributed by atoms with E-state index in [1.807, 2.05) is 51.1 Å². The van der Waals surface area contributed by atoms with Gasteiger partial charge in [0.2, 0.25) is 0 Å². The zero-order valence-electron chi connectivity index (χ0n) is 12.3. The van der Waals surface area contributed by atoms with E-state index in [9.17, 15) is 4.79 Å². The number of carbonyl (C=O) groups is 1. The Bertz CT molecular complexity index is 620. The van der Waals surface area contributed by atoms with E-state index < -0.39 is 0 Å². The lowest BCUT2D eigenvalue weighted by molar-refractivity contribution is 0.249. The number of hydrogen-bond acceptors (Lipinski definition) is 2. The summed E-state index contributed by atoms with van der Waals surface area (Å²) in [5.41, 5.74) is 3.43. The number of hydrogen-bond donors (Lipinski definition) is 2.